The van der Waals surface area contributed by atoms with Crippen LogP contribution in [0.15, 0.2) is 24.9 Å². The monoisotopic (exact) mass is 303 g/mol. The second kappa shape index (κ2) is 6.74. The van der Waals surface area contributed by atoms with Gasteiger partial charge in [-0.05, 0) is 13.3 Å². The van der Waals surface area contributed by atoms with Crippen molar-refractivity contribution in [2.45, 2.75) is 32.4 Å². The molecule has 1 N–H and O–H groups in total. The van der Waals surface area contributed by atoms with Crippen molar-refractivity contribution in [3.05, 3.63) is 36.4 Å². The van der Waals surface area contributed by atoms with Crippen LogP contribution in [0.5, 0.6) is 0 Å². The van der Waals surface area contributed by atoms with Gasteiger partial charge in [-0.3, -0.25) is 4.79 Å². The third kappa shape index (κ3) is 3.36. The maximum absolute atomic E-state index is 12.5. The quantitative estimate of drug-likeness (QED) is 0.903. The van der Waals surface area contributed by atoms with E-state index in [2.05, 4.69) is 15.0 Å². The number of morpholine rings is 1. The zero-order chi connectivity index (χ0) is 15.4. The number of H-pyrrole nitrogens is 1. The van der Waals surface area contributed by atoms with Gasteiger partial charge in [0, 0.05) is 43.8 Å². The Kier molecular flexibility index (Phi) is 4.53. The third-order valence-corrected chi connectivity index (χ3v) is 3.85. The second-order valence-corrected chi connectivity index (χ2v) is 5.53. The molecule has 3 rings (SSSR count). The van der Waals surface area contributed by atoms with Crippen LogP contribution in [0.25, 0.3) is 0 Å². The molecule has 7 heteroatoms. The Bertz CT molecular complexity index is 607. The highest BCUT2D eigenvalue weighted by Gasteiger charge is 2.30. The molecule has 1 aliphatic heterocycles. The SMILES string of the molecule is Cc1cnc(C2COCCN2C(=O)CCCn2ccnc2)[nH]1. The van der Waals surface area contributed by atoms with Crippen LogP contribution in [0.1, 0.15) is 30.4 Å². The van der Waals surface area contributed by atoms with E-state index in [1.54, 1.807) is 18.7 Å². The molecule has 0 saturated carbocycles. The molecule has 22 heavy (non-hydrogen) atoms. The number of ether oxygens (including phenoxy) is 1. The van der Waals surface area contributed by atoms with Crippen molar-refractivity contribution in [2.75, 3.05) is 19.8 Å². The molecule has 0 aromatic carbocycles. The lowest BCUT2D eigenvalue weighted by atomic mass is 10.1. The highest BCUT2D eigenvalue weighted by atomic mass is 16.5. The van der Waals surface area contributed by atoms with E-state index in [9.17, 15) is 4.79 Å². The van der Waals surface area contributed by atoms with Gasteiger partial charge in [0.2, 0.25) is 5.91 Å². The summed E-state index contributed by atoms with van der Waals surface area (Å²) in [6.07, 6.45) is 8.54. The number of nitrogens with one attached hydrogen (secondary N) is 1. The third-order valence-electron chi connectivity index (χ3n) is 3.85. The molecule has 0 bridgehead atoms. The number of aryl methyl sites for hydroxylation is 2. The molecule has 1 amide bonds. The number of aromatic nitrogens is 4. The van der Waals surface area contributed by atoms with Gasteiger partial charge in [-0.2, -0.15) is 0 Å². The van der Waals surface area contributed by atoms with Crippen LogP contribution in [0.3, 0.4) is 0 Å². The number of hydrogen-bond acceptors (Lipinski definition) is 4. The Morgan fingerprint density at radius 1 is 1.55 bits per heavy atom. The van der Waals surface area contributed by atoms with Crippen LogP contribution >= 0.6 is 0 Å². The molecule has 1 saturated heterocycles. The van der Waals surface area contributed by atoms with E-state index in [4.69, 9.17) is 4.74 Å². The second-order valence-electron chi connectivity index (χ2n) is 5.53. The van der Waals surface area contributed by atoms with Crippen molar-refractivity contribution in [3.8, 4) is 0 Å². The summed E-state index contributed by atoms with van der Waals surface area (Å²) in [5.41, 5.74) is 0.994. The Morgan fingerprint density at radius 3 is 3.18 bits per heavy atom. The van der Waals surface area contributed by atoms with E-state index >= 15 is 0 Å². The smallest absolute Gasteiger partial charge is 0.223 e. The fourth-order valence-electron chi connectivity index (χ4n) is 2.71. The maximum atomic E-state index is 12.5. The van der Waals surface area contributed by atoms with Crippen molar-refractivity contribution in [3.63, 3.8) is 0 Å². The summed E-state index contributed by atoms with van der Waals surface area (Å²) in [5.74, 6) is 0.961. The largest absolute Gasteiger partial charge is 0.377 e. The van der Waals surface area contributed by atoms with Crippen LogP contribution < -0.4 is 0 Å². The summed E-state index contributed by atoms with van der Waals surface area (Å²) in [7, 11) is 0. The van der Waals surface area contributed by atoms with Crippen molar-refractivity contribution in [2.24, 2.45) is 0 Å². The van der Waals surface area contributed by atoms with Crippen molar-refractivity contribution in [1.82, 2.24) is 24.4 Å². The standard InChI is InChI=1S/C15H21N5O2/c1-12-9-17-15(18-12)13-10-22-8-7-20(13)14(21)3-2-5-19-6-4-16-11-19/h4,6,9,11,13H,2-3,5,7-8,10H2,1H3,(H,17,18). The summed E-state index contributed by atoms with van der Waals surface area (Å²) in [6.45, 7) is 4.47. The zero-order valence-electron chi connectivity index (χ0n) is 12.7. The Labute approximate surface area is 129 Å². The maximum Gasteiger partial charge on any atom is 0.223 e. The molecule has 0 radical (unpaired) electrons. The minimum atomic E-state index is -0.108. The van der Waals surface area contributed by atoms with E-state index in [1.165, 1.54) is 0 Å². The van der Waals surface area contributed by atoms with Crippen LogP contribution in [0.4, 0.5) is 0 Å². The summed E-state index contributed by atoms with van der Waals surface area (Å²) in [5, 5.41) is 0. The van der Waals surface area contributed by atoms with E-state index in [0.717, 1.165) is 24.5 Å². The summed E-state index contributed by atoms with van der Waals surface area (Å²) in [4.78, 5) is 26.0. The first-order chi connectivity index (χ1) is 10.7. The van der Waals surface area contributed by atoms with Gasteiger partial charge in [0.25, 0.3) is 0 Å². The Morgan fingerprint density at radius 2 is 2.45 bits per heavy atom. The lowest BCUT2D eigenvalue weighted by Crippen LogP contribution is -2.43. The molecule has 0 aliphatic carbocycles. The van der Waals surface area contributed by atoms with Crippen LogP contribution in [-0.2, 0) is 16.1 Å². The van der Waals surface area contributed by atoms with Gasteiger partial charge in [0.1, 0.15) is 11.9 Å². The normalized spacial score (nSPS) is 18.6. The van der Waals surface area contributed by atoms with Gasteiger partial charge in [-0.25, -0.2) is 9.97 Å². The number of hydrogen-bond donors (Lipinski definition) is 1. The average Bonchev–Trinajstić information content (AvgIpc) is 3.19. The number of carbonyl (C=O) groups is 1. The Balaban J connectivity index is 1.59. The molecule has 2 aromatic rings. The molecule has 1 fully saturated rings. The van der Waals surface area contributed by atoms with Gasteiger partial charge in [0.15, 0.2) is 0 Å². The molecular weight excluding hydrogens is 282 g/mol. The minimum Gasteiger partial charge on any atom is -0.377 e. The van der Waals surface area contributed by atoms with Crippen LogP contribution in [0, 0.1) is 6.92 Å². The topological polar surface area (TPSA) is 76.0 Å². The fourth-order valence-corrected chi connectivity index (χ4v) is 2.71. The first kappa shape index (κ1) is 14.8. The van der Waals surface area contributed by atoms with Crippen molar-refractivity contribution >= 4 is 5.91 Å². The zero-order valence-corrected chi connectivity index (χ0v) is 12.7. The number of rotatable bonds is 5. The number of nitrogens with zero attached hydrogens (tertiary/aromatic N) is 4. The number of amides is 1. The molecule has 3 heterocycles. The molecule has 2 aromatic heterocycles. The van der Waals surface area contributed by atoms with Crippen molar-refractivity contribution < 1.29 is 9.53 Å². The average molecular weight is 303 g/mol. The first-order valence-electron chi connectivity index (χ1n) is 7.58. The van der Waals surface area contributed by atoms with Crippen LogP contribution in [0.2, 0.25) is 0 Å². The predicted octanol–water partition coefficient (Wildman–Crippen LogP) is 1.29. The van der Waals surface area contributed by atoms with Gasteiger partial charge in [-0.15, -0.1) is 0 Å². The summed E-state index contributed by atoms with van der Waals surface area (Å²) in [6, 6.07) is -0.108. The fraction of sp³-hybridized carbons (Fsp3) is 0.533. The predicted molar refractivity (Wildman–Crippen MR) is 80.1 cm³/mol. The van der Waals surface area contributed by atoms with Gasteiger partial charge >= 0.3 is 0 Å². The summed E-state index contributed by atoms with van der Waals surface area (Å²) >= 11 is 0. The number of imidazole rings is 2. The van der Waals surface area contributed by atoms with Crippen LogP contribution in [-0.4, -0.2) is 50.1 Å². The highest BCUT2D eigenvalue weighted by Crippen LogP contribution is 2.23. The lowest BCUT2D eigenvalue weighted by Gasteiger charge is -2.34. The number of aromatic amines is 1. The summed E-state index contributed by atoms with van der Waals surface area (Å²) < 4.78 is 7.51. The van der Waals surface area contributed by atoms with E-state index in [0.29, 0.717) is 26.2 Å². The minimum absolute atomic E-state index is 0.108. The Hall–Kier alpha value is -2.15. The lowest BCUT2D eigenvalue weighted by molar-refractivity contribution is -0.140. The van der Waals surface area contributed by atoms with Gasteiger partial charge in [-0.1, -0.05) is 0 Å². The van der Waals surface area contributed by atoms with Gasteiger partial charge in [0.05, 0.1) is 19.5 Å². The van der Waals surface area contributed by atoms with E-state index < -0.39 is 0 Å². The molecule has 118 valence electrons. The molecule has 7 nitrogen and oxygen atoms in total. The first-order valence-corrected chi connectivity index (χ1v) is 7.58. The van der Waals surface area contributed by atoms with Gasteiger partial charge < -0.3 is 19.2 Å². The number of carbonyl (C=O) groups excluding carboxylic acids is 1. The molecule has 1 unspecified atom stereocenters. The van der Waals surface area contributed by atoms with E-state index in [-0.39, 0.29) is 11.9 Å². The highest BCUT2D eigenvalue weighted by molar-refractivity contribution is 5.76. The molecule has 1 aliphatic rings. The van der Waals surface area contributed by atoms with Crippen molar-refractivity contribution in [1.29, 1.82) is 0 Å². The molecular formula is C15H21N5O2. The molecule has 0 spiro atoms. The molecule has 1 atom stereocenters. The van der Waals surface area contributed by atoms with E-state index in [1.807, 2.05) is 22.6 Å².